The molecule has 2 heterocycles. The molecule has 0 unspecified atom stereocenters. The lowest BCUT2D eigenvalue weighted by Gasteiger charge is -2.34. The molecule has 1 aliphatic carbocycles. The highest BCUT2D eigenvalue weighted by Gasteiger charge is 2.22. The number of likely N-dealkylation sites (N-methyl/N-ethyl adjacent to an activating group) is 1. The molecule has 0 bridgehead atoms. The van der Waals surface area contributed by atoms with Gasteiger partial charge in [0, 0.05) is 51.9 Å². The first-order chi connectivity index (χ1) is 10.2. The van der Waals surface area contributed by atoms with Gasteiger partial charge in [-0.1, -0.05) is 0 Å². The number of hydrogen-bond donors (Lipinski definition) is 1. The van der Waals surface area contributed by atoms with E-state index >= 15 is 0 Å². The molecule has 1 N–H and O–H groups in total. The monoisotopic (exact) mass is 293 g/mol. The van der Waals surface area contributed by atoms with Crippen molar-refractivity contribution in [1.82, 2.24) is 20.1 Å². The smallest absolute Gasteiger partial charge is 0.297 e. The topological polar surface area (TPSA) is 47.8 Å². The van der Waals surface area contributed by atoms with Crippen LogP contribution >= 0.6 is 0 Å². The van der Waals surface area contributed by atoms with Gasteiger partial charge in [-0.2, -0.15) is 4.98 Å². The highest BCUT2D eigenvalue weighted by atomic mass is 16.4. The van der Waals surface area contributed by atoms with Gasteiger partial charge >= 0.3 is 0 Å². The summed E-state index contributed by atoms with van der Waals surface area (Å²) < 4.78 is 5.64. The van der Waals surface area contributed by atoms with Crippen molar-refractivity contribution in [3.63, 3.8) is 0 Å². The summed E-state index contributed by atoms with van der Waals surface area (Å²) in [6, 6.07) is 1.50. The predicted octanol–water partition coefficient (Wildman–Crippen LogP) is 0.610. The van der Waals surface area contributed by atoms with Crippen LogP contribution in [0.5, 0.6) is 0 Å². The van der Waals surface area contributed by atoms with Crippen molar-refractivity contribution in [2.45, 2.75) is 25.4 Å². The Bertz CT molecular complexity index is 435. The van der Waals surface area contributed by atoms with Gasteiger partial charge in [-0.25, -0.2) is 0 Å². The molecule has 2 fully saturated rings. The van der Waals surface area contributed by atoms with Crippen LogP contribution in [-0.2, 0) is 6.54 Å². The van der Waals surface area contributed by atoms with E-state index in [2.05, 4.69) is 39.1 Å². The van der Waals surface area contributed by atoms with Crippen molar-refractivity contribution in [2.75, 3.05) is 58.3 Å². The maximum Gasteiger partial charge on any atom is 0.297 e. The molecule has 118 valence electrons. The fourth-order valence-electron chi connectivity index (χ4n) is 2.56. The van der Waals surface area contributed by atoms with Crippen LogP contribution in [0.1, 0.15) is 18.5 Å². The number of nitrogens with zero attached hydrogens (tertiary/aromatic N) is 4. The summed E-state index contributed by atoms with van der Waals surface area (Å²) in [6.07, 6.45) is 4.41. The summed E-state index contributed by atoms with van der Waals surface area (Å²) in [5, 5.41) is 3.47. The van der Waals surface area contributed by atoms with E-state index < -0.39 is 0 Å². The van der Waals surface area contributed by atoms with E-state index in [4.69, 9.17) is 4.42 Å². The second kappa shape index (κ2) is 6.77. The fourth-order valence-corrected chi connectivity index (χ4v) is 2.56. The Morgan fingerprint density at radius 3 is 2.71 bits per heavy atom. The molecule has 1 saturated heterocycles. The Kier molecular flexibility index (Phi) is 4.77. The minimum absolute atomic E-state index is 0.713. The molecule has 1 saturated carbocycles. The van der Waals surface area contributed by atoms with E-state index in [0.29, 0.717) is 6.04 Å². The van der Waals surface area contributed by atoms with Crippen molar-refractivity contribution in [3.05, 3.63) is 12.0 Å². The number of oxazole rings is 1. The lowest BCUT2D eigenvalue weighted by molar-refractivity contribution is 0.226. The quantitative estimate of drug-likeness (QED) is 0.795. The molecule has 6 heteroatoms. The van der Waals surface area contributed by atoms with Crippen molar-refractivity contribution in [3.8, 4) is 0 Å². The first-order valence-electron chi connectivity index (χ1n) is 8.00. The number of anilines is 1. The Balaban J connectivity index is 1.43. The van der Waals surface area contributed by atoms with Gasteiger partial charge in [0.2, 0.25) is 0 Å². The van der Waals surface area contributed by atoms with Crippen molar-refractivity contribution >= 4 is 6.01 Å². The van der Waals surface area contributed by atoms with Gasteiger partial charge in [-0.3, -0.25) is 4.90 Å². The van der Waals surface area contributed by atoms with E-state index in [9.17, 15) is 0 Å². The zero-order valence-corrected chi connectivity index (χ0v) is 13.2. The first-order valence-corrected chi connectivity index (χ1v) is 8.00. The second-order valence-electron chi connectivity index (χ2n) is 6.41. The van der Waals surface area contributed by atoms with E-state index in [1.54, 1.807) is 6.26 Å². The predicted molar refractivity (Wildman–Crippen MR) is 83.6 cm³/mol. The van der Waals surface area contributed by atoms with Crippen molar-refractivity contribution in [2.24, 2.45) is 0 Å². The highest BCUT2D eigenvalue weighted by molar-refractivity contribution is 5.28. The summed E-state index contributed by atoms with van der Waals surface area (Å²) in [6.45, 7) is 7.28. The molecule has 2 aliphatic rings. The molecule has 6 nitrogen and oxygen atoms in total. The van der Waals surface area contributed by atoms with Crippen LogP contribution in [0, 0.1) is 0 Å². The van der Waals surface area contributed by atoms with Crippen LogP contribution in [0.2, 0.25) is 0 Å². The molecule has 1 aliphatic heterocycles. The number of nitrogens with one attached hydrogen (secondary N) is 1. The van der Waals surface area contributed by atoms with Gasteiger partial charge in [-0.15, -0.1) is 0 Å². The van der Waals surface area contributed by atoms with Crippen LogP contribution in [0.15, 0.2) is 10.7 Å². The zero-order chi connectivity index (χ0) is 14.7. The fraction of sp³-hybridized carbons (Fsp3) is 0.800. The van der Waals surface area contributed by atoms with Gasteiger partial charge in [0.1, 0.15) is 6.26 Å². The molecule has 0 atom stereocenters. The van der Waals surface area contributed by atoms with E-state index in [-0.39, 0.29) is 0 Å². The maximum atomic E-state index is 5.64. The summed E-state index contributed by atoms with van der Waals surface area (Å²) in [4.78, 5) is 11.6. The Morgan fingerprint density at radius 2 is 2.05 bits per heavy atom. The van der Waals surface area contributed by atoms with E-state index in [1.165, 1.54) is 12.8 Å². The number of hydrogen-bond acceptors (Lipinski definition) is 6. The van der Waals surface area contributed by atoms with Crippen LogP contribution in [-0.4, -0.2) is 74.2 Å². The van der Waals surface area contributed by atoms with Crippen LogP contribution < -0.4 is 10.2 Å². The molecule has 0 spiro atoms. The average molecular weight is 293 g/mol. The van der Waals surface area contributed by atoms with Gasteiger partial charge in [0.05, 0.1) is 5.69 Å². The van der Waals surface area contributed by atoms with Gasteiger partial charge < -0.3 is 19.5 Å². The Hall–Kier alpha value is -1.11. The zero-order valence-electron chi connectivity index (χ0n) is 13.2. The number of piperazine rings is 1. The van der Waals surface area contributed by atoms with Crippen LogP contribution in [0.3, 0.4) is 0 Å². The number of aromatic nitrogens is 1. The van der Waals surface area contributed by atoms with Crippen molar-refractivity contribution in [1.29, 1.82) is 0 Å². The molecule has 0 amide bonds. The standard InChI is InChI=1S/C15H27N5O/c1-18(2)5-6-19-7-9-20(10-8-19)15-17-14(12-21-15)11-16-13-3-4-13/h12-13,16H,3-11H2,1-2H3. The molecule has 3 rings (SSSR count). The van der Waals surface area contributed by atoms with Gasteiger partial charge in [0.25, 0.3) is 6.01 Å². The molecule has 0 aromatic carbocycles. The number of rotatable bonds is 7. The highest BCUT2D eigenvalue weighted by Crippen LogP contribution is 2.20. The van der Waals surface area contributed by atoms with Crippen LogP contribution in [0.25, 0.3) is 0 Å². The normalized spacial score (nSPS) is 20.4. The molecule has 1 aromatic rings. The SMILES string of the molecule is CN(C)CCN1CCN(c2nc(CNC3CC3)co2)CC1. The van der Waals surface area contributed by atoms with Crippen molar-refractivity contribution < 1.29 is 4.42 Å². The third kappa shape index (κ3) is 4.43. The van der Waals surface area contributed by atoms with Gasteiger partial charge in [-0.05, 0) is 26.9 Å². The third-order valence-corrected chi connectivity index (χ3v) is 4.20. The lowest BCUT2D eigenvalue weighted by Crippen LogP contribution is -2.48. The summed E-state index contributed by atoms with van der Waals surface area (Å²) in [5.74, 6) is 0. The first kappa shape index (κ1) is 14.8. The average Bonchev–Trinajstić information content (AvgIpc) is 3.20. The molecule has 0 radical (unpaired) electrons. The lowest BCUT2D eigenvalue weighted by atomic mass is 10.3. The minimum atomic E-state index is 0.713. The second-order valence-corrected chi connectivity index (χ2v) is 6.41. The summed E-state index contributed by atoms with van der Waals surface area (Å²) in [7, 11) is 4.25. The summed E-state index contributed by atoms with van der Waals surface area (Å²) >= 11 is 0. The largest absolute Gasteiger partial charge is 0.432 e. The molecule has 1 aromatic heterocycles. The van der Waals surface area contributed by atoms with Crippen LogP contribution in [0.4, 0.5) is 6.01 Å². The maximum absolute atomic E-state index is 5.64. The third-order valence-electron chi connectivity index (χ3n) is 4.20. The molecular formula is C15H27N5O. The van der Waals surface area contributed by atoms with E-state index in [1.807, 2.05) is 0 Å². The summed E-state index contributed by atoms with van der Waals surface area (Å²) in [5.41, 5.74) is 1.02. The Labute approximate surface area is 127 Å². The molecule has 21 heavy (non-hydrogen) atoms. The minimum Gasteiger partial charge on any atom is -0.432 e. The molecular weight excluding hydrogens is 266 g/mol. The Morgan fingerprint density at radius 1 is 1.29 bits per heavy atom. The van der Waals surface area contributed by atoms with E-state index in [0.717, 1.165) is 57.5 Å². The van der Waals surface area contributed by atoms with Gasteiger partial charge in [0.15, 0.2) is 0 Å².